The standard InChI is InChI=1S/C28H38N6O4/c1-2-33-14-12-19(13-15-33)18-8-10-21(11-9-18)27(36)30-24(20-6-4-3-5-7-20)28(37)34-16-22(31-32-29)26-25(34)23(35)17-38-26/h8-11,19-20,22,24-26H,2-7,12-17H2,1H3,(H,30,36)/t22-,24-,25+,26+/m0/s1. The van der Waals surface area contributed by atoms with Crippen LogP contribution in [0.1, 0.15) is 73.7 Å². The van der Waals surface area contributed by atoms with Crippen LogP contribution in [-0.4, -0.2) is 84.4 Å². The van der Waals surface area contributed by atoms with Crippen molar-refractivity contribution in [3.63, 3.8) is 0 Å². The smallest absolute Gasteiger partial charge is 0.251 e. The molecule has 3 saturated heterocycles. The van der Waals surface area contributed by atoms with Crippen molar-refractivity contribution in [2.75, 3.05) is 32.8 Å². The molecule has 10 nitrogen and oxygen atoms in total. The molecule has 4 aliphatic rings. The summed E-state index contributed by atoms with van der Waals surface area (Å²) in [4.78, 5) is 46.8. The number of fused-ring (bicyclic) bond motifs is 1. The van der Waals surface area contributed by atoms with Crippen LogP contribution >= 0.6 is 0 Å². The molecule has 1 aliphatic carbocycles. The van der Waals surface area contributed by atoms with Crippen molar-refractivity contribution in [2.24, 2.45) is 11.0 Å². The average Bonchev–Trinajstić information content (AvgIpc) is 3.52. The van der Waals surface area contributed by atoms with Crippen molar-refractivity contribution in [3.8, 4) is 0 Å². The van der Waals surface area contributed by atoms with Gasteiger partial charge in [0.1, 0.15) is 18.7 Å². The molecule has 2 amide bonds. The van der Waals surface area contributed by atoms with Gasteiger partial charge in [-0.2, -0.15) is 0 Å². The summed E-state index contributed by atoms with van der Waals surface area (Å²) in [5, 5.41) is 6.83. The topological polar surface area (TPSA) is 128 Å². The zero-order chi connectivity index (χ0) is 26.6. The second kappa shape index (κ2) is 11.8. The van der Waals surface area contributed by atoms with Gasteiger partial charge in [0.25, 0.3) is 5.91 Å². The number of piperidine rings is 1. The summed E-state index contributed by atoms with van der Waals surface area (Å²) >= 11 is 0. The van der Waals surface area contributed by atoms with Crippen LogP contribution in [0.15, 0.2) is 29.4 Å². The maximum atomic E-state index is 13.9. The van der Waals surface area contributed by atoms with Gasteiger partial charge in [-0.15, -0.1) is 0 Å². The number of hydrogen-bond acceptors (Lipinski definition) is 6. The van der Waals surface area contributed by atoms with E-state index in [1.807, 2.05) is 24.3 Å². The molecule has 38 heavy (non-hydrogen) atoms. The minimum Gasteiger partial charge on any atom is -0.367 e. The summed E-state index contributed by atoms with van der Waals surface area (Å²) in [6.07, 6.45) is 6.43. The lowest BCUT2D eigenvalue weighted by Gasteiger charge is -2.34. The second-order valence-corrected chi connectivity index (χ2v) is 11.1. The summed E-state index contributed by atoms with van der Waals surface area (Å²) in [5.41, 5.74) is 10.8. The number of rotatable bonds is 7. The zero-order valence-corrected chi connectivity index (χ0v) is 22.1. The average molecular weight is 523 g/mol. The Balaban J connectivity index is 1.31. The Labute approximate surface area is 223 Å². The van der Waals surface area contributed by atoms with Crippen LogP contribution in [0.3, 0.4) is 0 Å². The highest BCUT2D eigenvalue weighted by molar-refractivity contribution is 5.99. The number of amides is 2. The first-order chi connectivity index (χ1) is 18.5. The van der Waals surface area contributed by atoms with E-state index in [2.05, 4.69) is 27.2 Å². The van der Waals surface area contributed by atoms with E-state index in [1.54, 1.807) is 0 Å². The number of azide groups is 1. The number of hydrogen-bond donors (Lipinski definition) is 1. The number of benzene rings is 1. The molecule has 1 saturated carbocycles. The van der Waals surface area contributed by atoms with Gasteiger partial charge in [0, 0.05) is 17.0 Å². The molecule has 10 heteroatoms. The Kier molecular flexibility index (Phi) is 8.31. The molecule has 204 valence electrons. The second-order valence-electron chi connectivity index (χ2n) is 11.1. The molecule has 0 radical (unpaired) electrons. The lowest BCUT2D eigenvalue weighted by Crippen LogP contribution is -2.55. The number of nitrogens with zero attached hydrogens (tertiary/aromatic N) is 5. The fraction of sp³-hybridized carbons (Fsp3) is 0.679. The van der Waals surface area contributed by atoms with Crippen LogP contribution < -0.4 is 5.32 Å². The Morgan fingerprint density at radius 2 is 1.84 bits per heavy atom. The monoisotopic (exact) mass is 522 g/mol. The van der Waals surface area contributed by atoms with Crippen LogP contribution in [0.2, 0.25) is 0 Å². The number of likely N-dealkylation sites (tertiary alicyclic amines) is 2. The van der Waals surface area contributed by atoms with Crippen LogP contribution in [0.4, 0.5) is 0 Å². The molecule has 4 fully saturated rings. The summed E-state index contributed by atoms with van der Waals surface area (Å²) in [7, 11) is 0. The summed E-state index contributed by atoms with van der Waals surface area (Å²) < 4.78 is 5.59. The predicted molar refractivity (Wildman–Crippen MR) is 142 cm³/mol. The van der Waals surface area contributed by atoms with Crippen LogP contribution in [-0.2, 0) is 14.3 Å². The SMILES string of the molecule is CCN1CCC(c2ccc(C(=O)N[C@H](C(=O)N3C[C@H](N=[N+]=[N-])[C@H]4OCC(=O)[C@H]43)C3CCCCC3)cc2)CC1. The lowest BCUT2D eigenvalue weighted by atomic mass is 9.83. The maximum absolute atomic E-state index is 13.9. The van der Waals surface area contributed by atoms with Gasteiger partial charge in [-0.05, 0) is 80.4 Å². The normalized spacial score (nSPS) is 27.6. The fourth-order valence-electron chi connectivity index (χ4n) is 6.77. The number of ether oxygens (including phenoxy) is 1. The van der Waals surface area contributed by atoms with Crippen molar-refractivity contribution in [1.82, 2.24) is 15.1 Å². The molecule has 3 aliphatic heterocycles. The number of nitrogens with one attached hydrogen (secondary N) is 1. The molecular weight excluding hydrogens is 484 g/mol. The molecule has 0 aromatic heterocycles. The zero-order valence-electron chi connectivity index (χ0n) is 22.1. The van der Waals surface area contributed by atoms with E-state index < -0.39 is 24.2 Å². The molecule has 0 spiro atoms. The molecule has 4 atom stereocenters. The van der Waals surface area contributed by atoms with Gasteiger partial charge >= 0.3 is 0 Å². The first-order valence-electron chi connectivity index (χ1n) is 14.1. The number of carbonyl (C=O) groups excluding carboxylic acids is 3. The molecule has 1 aromatic rings. The van der Waals surface area contributed by atoms with E-state index in [0.717, 1.165) is 64.6 Å². The van der Waals surface area contributed by atoms with Gasteiger partial charge in [-0.25, -0.2) is 0 Å². The van der Waals surface area contributed by atoms with Crippen molar-refractivity contribution in [2.45, 2.75) is 82.0 Å². The third kappa shape index (κ3) is 5.44. The fourth-order valence-corrected chi connectivity index (χ4v) is 6.77. The number of ketones is 1. The van der Waals surface area contributed by atoms with Gasteiger partial charge in [0.15, 0.2) is 5.78 Å². The van der Waals surface area contributed by atoms with Crippen molar-refractivity contribution < 1.29 is 19.1 Å². The minimum absolute atomic E-state index is 0.00221. The molecular formula is C28H38N6O4. The quantitative estimate of drug-likeness (QED) is 0.333. The molecule has 0 unspecified atom stereocenters. The van der Waals surface area contributed by atoms with E-state index in [-0.39, 0.29) is 36.7 Å². The summed E-state index contributed by atoms with van der Waals surface area (Å²) in [6, 6.07) is 5.69. The Hall–Kier alpha value is -2.94. The minimum atomic E-state index is -0.764. The van der Waals surface area contributed by atoms with Gasteiger partial charge < -0.3 is 19.9 Å². The molecule has 0 bridgehead atoms. The van der Waals surface area contributed by atoms with E-state index in [1.165, 1.54) is 10.5 Å². The first kappa shape index (κ1) is 26.7. The Morgan fingerprint density at radius 1 is 1.13 bits per heavy atom. The highest BCUT2D eigenvalue weighted by Crippen LogP contribution is 2.34. The number of carbonyl (C=O) groups is 3. The van der Waals surface area contributed by atoms with Gasteiger partial charge in [0.2, 0.25) is 5.91 Å². The highest BCUT2D eigenvalue weighted by Gasteiger charge is 2.53. The molecule has 5 rings (SSSR count). The van der Waals surface area contributed by atoms with Gasteiger partial charge in [-0.3, -0.25) is 14.4 Å². The molecule has 1 N–H and O–H groups in total. The molecule has 1 aromatic carbocycles. The Bertz CT molecular complexity index is 1070. The third-order valence-electron chi connectivity index (χ3n) is 8.99. The van der Waals surface area contributed by atoms with E-state index in [0.29, 0.717) is 11.5 Å². The van der Waals surface area contributed by atoms with Gasteiger partial charge in [0.05, 0.1) is 12.1 Å². The highest BCUT2D eigenvalue weighted by atomic mass is 16.5. The van der Waals surface area contributed by atoms with Crippen molar-refractivity contribution in [1.29, 1.82) is 0 Å². The number of Topliss-reactive ketones (excluding diaryl/α,β-unsaturated/α-hetero) is 1. The first-order valence-corrected chi connectivity index (χ1v) is 14.1. The van der Waals surface area contributed by atoms with Crippen molar-refractivity contribution in [3.05, 3.63) is 45.8 Å². The van der Waals surface area contributed by atoms with E-state index >= 15 is 0 Å². The molecule has 3 heterocycles. The third-order valence-corrected chi connectivity index (χ3v) is 8.99. The van der Waals surface area contributed by atoms with E-state index in [9.17, 15) is 14.4 Å². The largest absolute Gasteiger partial charge is 0.367 e. The van der Waals surface area contributed by atoms with Gasteiger partial charge in [-0.1, -0.05) is 43.4 Å². The maximum Gasteiger partial charge on any atom is 0.251 e. The van der Waals surface area contributed by atoms with Crippen molar-refractivity contribution >= 4 is 17.6 Å². The lowest BCUT2D eigenvalue weighted by molar-refractivity contribution is -0.139. The predicted octanol–water partition coefficient (Wildman–Crippen LogP) is 3.42. The van der Waals surface area contributed by atoms with Crippen LogP contribution in [0.25, 0.3) is 10.4 Å². The van der Waals surface area contributed by atoms with Crippen LogP contribution in [0, 0.1) is 5.92 Å². The Morgan fingerprint density at radius 3 is 2.50 bits per heavy atom. The van der Waals surface area contributed by atoms with E-state index in [4.69, 9.17) is 10.3 Å². The summed E-state index contributed by atoms with van der Waals surface area (Å²) in [5.74, 6) is -0.248. The summed E-state index contributed by atoms with van der Waals surface area (Å²) in [6.45, 7) is 5.50. The van der Waals surface area contributed by atoms with Crippen LogP contribution in [0.5, 0.6) is 0 Å².